The van der Waals surface area contributed by atoms with Gasteiger partial charge in [0.05, 0.1) is 30.9 Å². The van der Waals surface area contributed by atoms with E-state index in [1.54, 1.807) is 19.2 Å². The van der Waals surface area contributed by atoms with Gasteiger partial charge >= 0.3 is 0 Å². The van der Waals surface area contributed by atoms with Gasteiger partial charge in [0.2, 0.25) is 0 Å². The summed E-state index contributed by atoms with van der Waals surface area (Å²) < 4.78 is 11.5. The fourth-order valence-corrected chi connectivity index (χ4v) is 3.76. The number of aryl methyl sites for hydroxylation is 2. The molecule has 0 atom stereocenters. The third-order valence-corrected chi connectivity index (χ3v) is 5.43. The van der Waals surface area contributed by atoms with Crippen molar-refractivity contribution in [3.63, 3.8) is 0 Å². The smallest absolute Gasteiger partial charge is 0.161 e. The molecule has 0 spiro atoms. The number of carbonyl (C=O) groups excluding carboxylic acids is 1. The lowest BCUT2D eigenvalue weighted by atomic mass is 10.0. The molecule has 0 bridgehead atoms. The Kier molecular flexibility index (Phi) is 6.36. The third-order valence-electron chi connectivity index (χ3n) is 5.43. The van der Waals surface area contributed by atoms with Crippen LogP contribution in [0, 0.1) is 6.92 Å². The van der Waals surface area contributed by atoms with Crippen LogP contribution in [0.15, 0.2) is 72.8 Å². The molecule has 5 heteroatoms. The first-order valence-electron chi connectivity index (χ1n) is 10.5. The molecule has 32 heavy (non-hydrogen) atoms. The zero-order valence-electron chi connectivity index (χ0n) is 18.1. The molecule has 0 aliphatic heterocycles. The molecule has 0 radical (unpaired) electrons. The zero-order chi connectivity index (χ0) is 22.5. The van der Waals surface area contributed by atoms with E-state index in [1.807, 2.05) is 55.5 Å². The summed E-state index contributed by atoms with van der Waals surface area (Å²) in [7, 11) is 1.58. The predicted octanol–water partition coefficient (Wildman–Crippen LogP) is 4.59. The minimum Gasteiger partial charge on any atom is -0.545 e. The fraction of sp³-hybridized carbons (Fsp3) is 0.185. The number of pyridine rings is 1. The minimum atomic E-state index is -1.23. The van der Waals surface area contributed by atoms with E-state index in [-0.39, 0.29) is 5.56 Å². The summed E-state index contributed by atoms with van der Waals surface area (Å²) in [6, 6.07) is 22.8. The summed E-state index contributed by atoms with van der Waals surface area (Å²) in [5.41, 5.74) is 4.22. The second-order valence-corrected chi connectivity index (χ2v) is 7.62. The van der Waals surface area contributed by atoms with E-state index in [4.69, 9.17) is 14.5 Å². The molecule has 0 N–H and O–H groups in total. The molecule has 162 valence electrons. The van der Waals surface area contributed by atoms with Crippen LogP contribution in [0.2, 0.25) is 0 Å². The molecule has 0 aliphatic rings. The lowest BCUT2D eigenvalue weighted by Crippen LogP contribution is -2.22. The molecule has 0 unspecified atom stereocenters. The van der Waals surface area contributed by atoms with E-state index in [2.05, 4.69) is 12.1 Å². The molecule has 0 aliphatic carbocycles. The number of hydrogen-bond acceptors (Lipinski definition) is 5. The van der Waals surface area contributed by atoms with Crippen LogP contribution in [0.25, 0.3) is 22.2 Å². The Morgan fingerprint density at radius 2 is 1.78 bits per heavy atom. The standard InChI is InChI=1S/C27H25NO4/c1-18-8-6-12-21-22(27(29)30)17-23(28-26(18)21)20-13-14-24(25(16-20)31-2)32-15-7-11-19-9-4-3-5-10-19/h3-6,8-10,12-14,16-17H,7,11,15H2,1-2H3,(H,29,30)/p-1. The van der Waals surface area contributed by atoms with Gasteiger partial charge in [-0.15, -0.1) is 0 Å². The normalized spacial score (nSPS) is 10.8. The Hall–Kier alpha value is -3.86. The number of benzene rings is 3. The van der Waals surface area contributed by atoms with Crippen molar-refractivity contribution in [2.75, 3.05) is 13.7 Å². The number of aromatic carboxylic acids is 1. The second kappa shape index (κ2) is 9.52. The average molecular weight is 426 g/mol. The molecule has 0 fully saturated rings. The second-order valence-electron chi connectivity index (χ2n) is 7.62. The van der Waals surface area contributed by atoms with Crippen LogP contribution in [-0.4, -0.2) is 24.7 Å². The summed E-state index contributed by atoms with van der Waals surface area (Å²) in [6.45, 7) is 2.47. The van der Waals surface area contributed by atoms with Gasteiger partial charge < -0.3 is 19.4 Å². The maximum Gasteiger partial charge on any atom is 0.161 e. The number of methoxy groups -OCH3 is 1. The SMILES string of the molecule is COc1cc(-c2cc(C(=O)[O-])c3cccc(C)c3n2)ccc1OCCCc1ccccc1. The first kappa shape index (κ1) is 21.4. The van der Waals surface area contributed by atoms with Gasteiger partial charge in [0.25, 0.3) is 0 Å². The molecule has 1 aromatic heterocycles. The maximum absolute atomic E-state index is 11.8. The molecule has 0 saturated carbocycles. The zero-order valence-corrected chi connectivity index (χ0v) is 18.1. The topological polar surface area (TPSA) is 71.5 Å². The lowest BCUT2D eigenvalue weighted by Gasteiger charge is -2.14. The van der Waals surface area contributed by atoms with E-state index in [0.29, 0.717) is 34.7 Å². The average Bonchev–Trinajstić information content (AvgIpc) is 2.82. The molecular weight excluding hydrogens is 402 g/mol. The number of ether oxygens (including phenoxy) is 2. The number of carboxylic acids is 1. The van der Waals surface area contributed by atoms with E-state index in [1.165, 1.54) is 5.56 Å². The summed E-state index contributed by atoms with van der Waals surface area (Å²) in [4.78, 5) is 16.5. The largest absolute Gasteiger partial charge is 0.545 e. The van der Waals surface area contributed by atoms with Crippen molar-refractivity contribution in [2.24, 2.45) is 0 Å². The first-order chi connectivity index (χ1) is 15.6. The molecule has 4 aromatic rings. The van der Waals surface area contributed by atoms with Crippen molar-refractivity contribution in [3.05, 3.63) is 89.5 Å². The van der Waals surface area contributed by atoms with Crippen LogP contribution in [0.5, 0.6) is 11.5 Å². The number of fused-ring (bicyclic) bond motifs is 1. The molecule has 1 heterocycles. The Balaban J connectivity index is 1.58. The van der Waals surface area contributed by atoms with Crippen LogP contribution < -0.4 is 14.6 Å². The number of carboxylic acid groups (broad SMARTS) is 1. The minimum absolute atomic E-state index is 0.119. The van der Waals surface area contributed by atoms with E-state index in [9.17, 15) is 9.90 Å². The van der Waals surface area contributed by atoms with Crippen molar-refractivity contribution in [1.29, 1.82) is 0 Å². The highest BCUT2D eigenvalue weighted by Gasteiger charge is 2.13. The van der Waals surface area contributed by atoms with Gasteiger partial charge in [-0.25, -0.2) is 4.98 Å². The molecule has 3 aromatic carbocycles. The van der Waals surface area contributed by atoms with E-state index in [0.717, 1.165) is 24.0 Å². The number of rotatable bonds is 8. The van der Waals surface area contributed by atoms with Crippen molar-refractivity contribution in [1.82, 2.24) is 4.98 Å². The van der Waals surface area contributed by atoms with Gasteiger partial charge in [0.15, 0.2) is 11.5 Å². The summed E-state index contributed by atoms with van der Waals surface area (Å²) >= 11 is 0. The number of aromatic nitrogens is 1. The summed E-state index contributed by atoms with van der Waals surface area (Å²) in [6.07, 6.45) is 1.82. The highest BCUT2D eigenvalue weighted by Crippen LogP contribution is 2.34. The summed E-state index contributed by atoms with van der Waals surface area (Å²) in [5, 5.41) is 12.3. The van der Waals surface area contributed by atoms with Crippen molar-refractivity contribution in [3.8, 4) is 22.8 Å². The quantitative estimate of drug-likeness (QED) is 0.385. The predicted molar refractivity (Wildman–Crippen MR) is 123 cm³/mol. The van der Waals surface area contributed by atoms with Gasteiger partial charge in [0, 0.05) is 16.5 Å². The van der Waals surface area contributed by atoms with Gasteiger partial charge in [0.1, 0.15) is 0 Å². The monoisotopic (exact) mass is 426 g/mol. The van der Waals surface area contributed by atoms with Gasteiger partial charge in [-0.1, -0.05) is 48.5 Å². The van der Waals surface area contributed by atoms with Gasteiger partial charge in [-0.3, -0.25) is 0 Å². The number of nitrogens with zero attached hydrogens (tertiary/aromatic N) is 1. The van der Waals surface area contributed by atoms with Crippen molar-refractivity contribution < 1.29 is 19.4 Å². The fourth-order valence-electron chi connectivity index (χ4n) is 3.76. The number of carbonyl (C=O) groups is 1. The highest BCUT2D eigenvalue weighted by molar-refractivity contribution is 6.03. The van der Waals surface area contributed by atoms with E-state index >= 15 is 0 Å². The van der Waals surface area contributed by atoms with Gasteiger partial charge in [-0.05, 0) is 55.2 Å². The number of para-hydroxylation sites is 1. The summed E-state index contributed by atoms with van der Waals surface area (Å²) in [5.74, 6) is -0.0140. The number of hydrogen-bond donors (Lipinski definition) is 0. The van der Waals surface area contributed by atoms with Crippen molar-refractivity contribution in [2.45, 2.75) is 19.8 Å². The Bertz CT molecular complexity index is 1250. The van der Waals surface area contributed by atoms with E-state index < -0.39 is 5.97 Å². The Labute approximate surface area is 187 Å². The Morgan fingerprint density at radius 1 is 0.969 bits per heavy atom. The molecule has 5 nitrogen and oxygen atoms in total. The molecule has 0 saturated heterocycles. The maximum atomic E-state index is 11.8. The Morgan fingerprint density at radius 3 is 2.53 bits per heavy atom. The van der Waals surface area contributed by atoms with Crippen LogP contribution in [0.4, 0.5) is 0 Å². The van der Waals surface area contributed by atoms with Crippen LogP contribution >= 0.6 is 0 Å². The molecule has 4 rings (SSSR count). The first-order valence-corrected chi connectivity index (χ1v) is 10.5. The van der Waals surface area contributed by atoms with Crippen LogP contribution in [0.1, 0.15) is 27.9 Å². The lowest BCUT2D eigenvalue weighted by molar-refractivity contribution is -0.254. The van der Waals surface area contributed by atoms with Gasteiger partial charge in [-0.2, -0.15) is 0 Å². The third kappa shape index (κ3) is 4.57. The molecule has 0 amide bonds. The highest BCUT2D eigenvalue weighted by atomic mass is 16.5. The van der Waals surface area contributed by atoms with Crippen molar-refractivity contribution >= 4 is 16.9 Å². The van der Waals surface area contributed by atoms with Crippen LogP contribution in [-0.2, 0) is 6.42 Å². The molecular formula is C27H24NO4-. The van der Waals surface area contributed by atoms with Crippen LogP contribution in [0.3, 0.4) is 0 Å².